The van der Waals surface area contributed by atoms with Crippen molar-refractivity contribution in [3.63, 3.8) is 0 Å². The zero-order valence-corrected chi connectivity index (χ0v) is 9.96. The molecular formula is C10H7BrClN3. The first-order valence-corrected chi connectivity index (χ1v) is 5.39. The standard InChI is InChI=1S/C10H7BrClN3/c11-7-8(6-4-2-1-3-5-6)14-10(13)15-9(7)12/h1-5H,(H2,13,14,15). The molecule has 0 aliphatic carbocycles. The summed E-state index contributed by atoms with van der Waals surface area (Å²) < 4.78 is 0.657. The molecule has 0 radical (unpaired) electrons. The number of halogens is 2. The van der Waals surface area contributed by atoms with Crippen LogP contribution in [-0.4, -0.2) is 9.97 Å². The molecule has 2 N–H and O–H groups in total. The number of anilines is 1. The molecule has 0 amide bonds. The van der Waals surface area contributed by atoms with Crippen molar-refractivity contribution in [3.05, 3.63) is 40.0 Å². The first kappa shape index (κ1) is 10.4. The Labute approximate surface area is 100 Å². The van der Waals surface area contributed by atoms with E-state index in [1.165, 1.54) is 0 Å². The number of nitrogen functional groups attached to an aromatic ring is 1. The van der Waals surface area contributed by atoms with Gasteiger partial charge in [0.05, 0.1) is 10.2 Å². The molecule has 2 rings (SSSR count). The fourth-order valence-electron chi connectivity index (χ4n) is 1.22. The molecule has 0 spiro atoms. The largest absolute Gasteiger partial charge is 0.368 e. The maximum Gasteiger partial charge on any atom is 0.222 e. The van der Waals surface area contributed by atoms with Crippen LogP contribution >= 0.6 is 27.5 Å². The Morgan fingerprint density at radius 1 is 1.13 bits per heavy atom. The molecule has 76 valence electrons. The Hall–Kier alpha value is -1.13. The summed E-state index contributed by atoms with van der Waals surface area (Å²) >= 11 is 9.23. The Kier molecular flexibility index (Phi) is 2.88. The maximum absolute atomic E-state index is 5.89. The fraction of sp³-hybridized carbons (Fsp3) is 0. The summed E-state index contributed by atoms with van der Waals surface area (Å²) in [6.45, 7) is 0. The number of nitrogens with zero attached hydrogens (tertiary/aromatic N) is 2. The lowest BCUT2D eigenvalue weighted by atomic mass is 10.1. The van der Waals surface area contributed by atoms with Crippen molar-refractivity contribution in [1.82, 2.24) is 9.97 Å². The van der Waals surface area contributed by atoms with Crippen molar-refractivity contribution < 1.29 is 0 Å². The zero-order chi connectivity index (χ0) is 10.8. The van der Waals surface area contributed by atoms with Crippen molar-refractivity contribution in [2.24, 2.45) is 0 Å². The minimum Gasteiger partial charge on any atom is -0.368 e. The molecule has 3 nitrogen and oxygen atoms in total. The van der Waals surface area contributed by atoms with Gasteiger partial charge in [0.15, 0.2) is 0 Å². The number of benzene rings is 1. The number of hydrogen-bond donors (Lipinski definition) is 1. The minimum atomic E-state index is 0.169. The van der Waals surface area contributed by atoms with E-state index in [0.29, 0.717) is 15.3 Å². The minimum absolute atomic E-state index is 0.169. The molecule has 15 heavy (non-hydrogen) atoms. The molecule has 0 aliphatic rings. The Bertz CT molecular complexity index is 488. The van der Waals surface area contributed by atoms with Gasteiger partial charge in [-0.15, -0.1) is 0 Å². The van der Waals surface area contributed by atoms with E-state index >= 15 is 0 Å². The second kappa shape index (κ2) is 4.16. The number of hydrogen-bond acceptors (Lipinski definition) is 3. The van der Waals surface area contributed by atoms with Crippen LogP contribution in [0.2, 0.25) is 5.15 Å². The lowest BCUT2D eigenvalue weighted by Crippen LogP contribution is -1.98. The molecule has 2 aromatic rings. The van der Waals surface area contributed by atoms with Crippen LogP contribution in [0.1, 0.15) is 0 Å². The molecule has 0 saturated heterocycles. The summed E-state index contributed by atoms with van der Waals surface area (Å²) in [6.07, 6.45) is 0. The van der Waals surface area contributed by atoms with Gasteiger partial charge in [-0.2, -0.15) is 0 Å². The van der Waals surface area contributed by atoms with Crippen molar-refractivity contribution in [2.45, 2.75) is 0 Å². The van der Waals surface area contributed by atoms with Gasteiger partial charge in [0.25, 0.3) is 0 Å². The van der Waals surface area contributed by atoms with Crippen LogP contribution in [0.15, 0.2) is 34.8 Å². The summed E-state index contributed by atoms with van der Waals surface area (Å²) in [5.74, 6) is 0.169. The van der Waals surface area contributed by atoms with Gasteiger partial charge in [0.1, 0.15) is 5.15 Å². The van der Waals surface area contributed by atoms with E-state index in [9.17, 15) is 0 Å². The maximum atomic E-state index is 5.89. The Morgan fingerprint density at radius 2 is 1.80 bits per heavy atom. The van der Waals surface area contributed by atoms with Crippen LogP contribution in [-0.2, 0) is 0 Å². The quantitative estimate of drug-likeness (QED) is 0.819. The SMILES string of the molecule is Nc1nc(Cl)c(Br)c(-c2ccccc2)n1. The first-order valence-electron chi connectivity index (χ1n) is 4.22. The van der Waals surface area contributed by atoms with E-state index in [1.54, 1.807) is 0 Å². The third kappa shape index (κ3) is 2.11. The van der Waals surface area contributed by atoms with E-state index < -0.39 is 0 Å². The molecule has 0 aliphatic heterocycles. The fourth-order valence-corrected chi connectivity index (χ4v) is 1.81. The van der Waals surface area contributed by atoms with Crippen LogP contribution in [0.25, 0.3) is 11.3 Å². The molecule has 0 bridgehead atoms. The van der Waals surface area contributed by atoms with Crippen LogP contribution in [0.5, 0.6) is 0 Å². The summed E-state index contributed by atoms with van der Waals surface area (Å²) in [6, 6.07) is 9.65. The van der Waals surface area contributed by atoms with Crippen LogP contribution in [0.3, 0.4) is 0 Å². The van der Waals surface area contributed by atoms with E-state index in [-0.39, 0.29) is 5.95 Å². The van der Waals surface area contributed by atoms with Gasteiger partial charge in [-0.25, -0.2) is 9.97 Å². The van der Waals surface area contributed by atoms with Gasteiger partial charge >= 0.3 is 0 Å². The highest BCUT2D eigenvalue weighted by Crippen LogP contribution is 2.31. The van der Waals surface area contributed by atoms with E-state index in [4.69, 9.17) is 17.3 Å². The normalized spacial score (nSPS) is 10.3. The molecule has 0 fully saturated rings. The van der Waals surface area contributed by atoms with Gasteiger partial charge in [-0.3, -0.25) is 0 Å². The highest BCUT2D eigenvalue weighted by Gasteiger charge is 2.10. The number of nitrogens with two attached hydrogens (primary N) is 1. The van der Waals surface area contributed by atoms with Gasteiger partial charge < -0.3 is 5.73 Å². The average molecular weight is 285 g/mol. The molecule has 5 heteroatoms. The predicted molar refractivity (Wildman–Crippen MR) is 64.6 cm³/mol. The zero-order valence-electron chi connectivity index (χ0n) is 7.61. The molecule has 0 unspecified atom stereocenters. The molecule has 1 aromatic heterocycles. The van der Waals surface area contributed by atoms with E-state index in [1.807, 2.05) is 30.3 Å². The summed E-state index contributed by atoms with van der Waals surface area (Å²) in [4.78, 5) is 7.98. The van der Waals surface area contributed by atoms with Gasteiger partial charge in [0.2, 0.25) is 5.95 Å². The third-order valence-electron chi connectivity index (χ3n) is 1.88. The third-order valence-corrected chi connectivity index (χ3v) is 3.13. The predicted octanol–water partition coefficient (Wildman–Crippen LogP) is 3.14. The highest BCUT2D eigenvalue weighted by atomic mass is 79.9. The lowest BCUT2D eigenvalue weighted by molar-refractivity contribution is 1.17. The van der Waals surface area contributed by atoms with Gasteiger partial charge in [-0.1, -0.05) is 41.9 Å². The second-order valence-electron chi connectivity index (χ2n) is 2.90. The summed E-state index contributed by atoms with van der Waals surface area (Å²) in [7, 11) is 0. The Morgan fingerprint density at radius 3 is 2.47 bits per heavy atom. The highest BCUT2D eigenvalue weighted by molar-refractivity contribution is 9.10. The van der Waals surface area contributed by atoms with Crippen LogP contribution in [0, 0.1) is 0 Å². The Balaban J connectivity index is 2.63. The lowest BCUT2D eigenvalue weighted by Gasteiger charge is -2.05. The van der Waals surface area contributed by atoms with Crippen molar-refractivity contribution >= 4 is 33.5 Å². The van der Waals surface area contributed by atoms with E-state index in [0.717, 1.165) is 5.56 Å². The van der Waals surface area contributed by atoms with Gasteiger partial charge in [0, 0.05) is 5.56 Å². The topological polar surface area (TPSA) is 51.8 Å². The summed E-state index contributed by atoms with van der Waals surface area (Å²) in [5, 5.41) is 0.321. The molecule has 1 heterocycles. The van der Waals surface area contributed by atoms with Crippen molar-refractivity contribution in [1.29, 1.82) is 0 Å². The molecule has 0 saturated carbocycles. The smallest absolute Gasteiger partial charge is 0.222 e. The van der Waals surface area contributed by atoms with Crippen LogP contribution in [0.4, 0.5) is 5.95 Å². The second-order valence-corrected chi connectivity index (χ2v) is 4.05. The van der Waals surface area contributed by atoms with Crippen LogP contribution < -0.4 is 5.73 Å². The average Bonchev–Trinajstić information content (AvgIpc) is 2.24. The molecular weight excluding hydrogens is 277 g/mol. The van der Waals surface area contributed by atoms with Crippen molar-refractivity contribution in [2.75, 3.05) is 5.73 Å². The molecule has 0 atom stereocenters. The monoisotopic (exact) mass is 283 g/mol. The summed E-state index contributed by atoms with van der Waals surface area (Å²) in [5.41, 5.74) is 7.18. The van der Waals surface area contributed by atoms with Gasteiger partial charge in [-0.05, 0) is 15.9 Å². The number of rotatable bonds is 1. The number of aromatic nitrogens is 2. The van der Waals surface area contributed by atoms with E-state index in [2.05, 4.69) is 25.9 Å². The van der Waals surface area contributed by atoms with Crippen molar-refractivity contribution in [3.8, 4) is 11.3 Å². The molecule has 1 aromatic carbocycles. The first-order chi connectivity index (χ1) is 7.18.